The molecular formula is C20H28O3. The topological polar surface area (TPSA) is 46.5 Å². The highest BCUT2D eigenvalue weighted by Gasteiger charge is 2.51. The molecule has 126 valence electrons. The van der Waals surface area contributed by atoms with E-state index in [0.717, 1.165) is 38.5 Å². The molecule has 3 heteroatoms. The first-order valence-electron chi connectivity index (χ1n) is 9.16. The van der Waals surface area contributed by atoms with Crippen LogP contribution in [0.2, 0.25) is 0 Å². The number of allylic oxidation sites excluding steroid dienone is 4. The molecule has 0 bridgehead atoms. The number of hydrogen-bond acceptors (Lipinski definition) is 3. The smallest absolute Gasteiger partial charge is 0.339 e. The molecule has 1 atom stereocenters. The molecule has 1 aliphatic heterocycles. The van der Waals surface area contributed by atoms with Gasteiger partial charge in [0, 0.05) is 5.92 Å². The van der Waals surface area contributed by atoms with Crippen LogP contribution < -0.4 is 0 Å². The number of aliphatic hydroxyl groups is 1. The lowest BCUT2D eigenvalue weighted by molar-refractivity contribution is -0.149. The molecule has 3 nitrogen and oxygen atoms in total. The average molecular weight is 316 g/mol. The summed E-state index contributed by atoms with van der Waals surface area (Å²) in [4.78, 5) is 12.7. The van der Waals surface area contributed by atoms with Crippen molar-refractivity contribution in [2.24, 2.45) is 11.8 Å². The highest BCUT2D eigenvalue weighted by molar-refractivity contribution is 5.94. The summed E-state index contributed by atoms with van der Waals surface area (Å²) in [6.07, 6.45) is 14.1. The normalized spacial score (nSPS) is 24.6. The van der Waals surface area contributed by atoms with Crippen LogP contribution in [0, 0.1) is 11.8 Å². The summed E-state index contributed by atoms with van der Waals surface area (Å²) in [5.41, 5.74) is 0.968. The van der Waals surface area contributed by atoms with Crippen LogP contribution in [-0.2, 0) is 9.53 Å². The van der Waals surface area contributed by atoms with Crippen molar-refractivity contribution < 1.29 is 14.6 Å². The minimum absolute atomic E-state index is 0.0228. The van der Waals surface area contributed by atoms with Crippen molar-refractivity contribution in [2.45, 2.75) is 70.8 Å². The second-order valence-electron chi connectivity index (χ2n) is 7.15. The minimum Gasteiger partial charge on any atom is -0.507 e. The summed E-state index contributed by atoms with van der Waals surface area (Å²) < 4.78 is 5.79. The van der Waals surface area contributed by atoms with Gasteiger partial charge < -0.3 is 9.84 Å². The third kappa shape index (κ3) is 2.98. The van der Waals surface area contributed by atoms with Gasteiger partial charge in [-0.05, 0) is 50.0 Å². The molecule has 1 fully saturated rings. The van der Waals surface area contributed by atoms with E-state index in [4.69, 9.17) is 4.74 Å². The molecule has 0 aromatic carbocycles. The van der Waals surface area contributed by atoms with Crippen LogP contribution in [0.4, 0.5) is 0 Å². The molecule has 0 aromatic rings. The van der Waals surface area contributed by atoms with E-state index in [0.29, 0.717) is 24.3 Å². The lowest BCUT2D eigenvalue weighted by Crippen LogP contribution is -2.31. The molecule has 3 rings (SSSR count). The largest absolute Gasteiger partial charge is 0.507 e. The van der Waals surface area contributed by atoms with Gasteiger partial charge >= 0.3 is 5.97 Å². The maximum atomic E-state index is 12.7. The van der Waals surface area contributed by atoms with Crippen molar-refractivity contribution in [1.29, 1.82) is 0 Å². The molecule has 0 spiro atoms. The summed E-state index contributed by atoms with van der Waals surface area (Å²) in [7, 11) is 0. The second-order valence-corrected chi connectivity index (χ2v) is 7.15. The Morgan fingerprint density at radius 3 is 2.48 bits per heavy atom. The SMILES string of the molecule is CCCC1(CCC)OC(=O)C(C(C2=CCCC=C2)C2CC2)=C1O. The van der Waals surface area contributed by atoms with Crippen LogP contribution in [0.3, 0.4) is 0 Å². The summed E-state index contributed by atoms with van der Waals surface area (Å²) in [5, 5.41) is 11.0. The average Bonchev–Trinajstić information content (AvgIpc) is 3.34. The van der Waals surface area contributed by atoms with Gasteiger partial charge in [0.2, 0.25) is 0 Å². The maximum Gasteiger partial charge on any atom is 0.339 e. The Labute approximate surface area is 139 Å². The van der Waals surface area contributed by atoms with Crippen molar-refractivity contribution in [1.82, 2.24) is 0 Å². The molecule has 0 saturated heterocycles. The number of esters is 1. The second kappa shape index (κ2) is 6.54. The van der Waals surface area contributed by atoms with Gasteiger partial charge in [0.1, 0.15) is 5.76 Å². The van der Waals surface area contributed by atoms with E-state index in [2.05, 4.69) is 32.1 Å². The van der Waals surface area contributed by atoms with Gasteiger partial charge in [-0.25, -0.2) is 4.79 Å². The lowest BCUT2D eigenvalue weighted by Gasteiger charge is -2.27. The standard InChI is InChI=1S/C20H28O3/c1-3-12-20(13-4-2)18(21)17(19(22)23-20)16(15-10-11-15)14-8-6-5-7-9-14/h6,8-9,15-16,21H,3-5,7,10-13H2,1-2H3. The van der Waals surface area contributed by atoms with Crippen LogP contribution in [0.5, 0.6) is 0 Å². The number of hydrogen-bond donors (Lipinski definition) is 1. The fraction of sp³-hybridized carbons (Fsp3) is 0.650. The molecule has 0 amide bonds. The van der Waals surface area contributed by atoms with E-state index >= 15 is 0 Å². The lowest BCUT2D eigenvalue weighted by atomic mass is 9.81. The zero-order valence-corrected chi connectivity index (χ0v) is 14.3. The number of rotatable bonds is 7. The number of carbonyl (C=O) groups is 1. The molecule has 1 heterocycles. The molecule has 1 saturated carbocycles. The number of carbonyl (C=O) groups excluding carboxylic acids is 1. The van der Waals surface area contributed by atoms with E-state index in [1.807, 2.05) is 0 Å². The fourth-order valence-corrected chi connectivity index (χ4v) is 4.14. The van der Waals surface area contributed by atoms with Gasteiger partial charge in [-0.2, -0.15) is 0 Å². The number of cyclic esters (lactones) is 1. The van der Waals surface area contributed by atoms with Crippen molar-refractivity contribution in [3.63, 3.8) is 0 Å². The van der Waals surface area contributed by atoms with E-state index in [1.54, 1.807) is 0 Å². The summed E-state index contributed by atoms with van der Waals surface area (Å²) in [6.45, 7) is 4.14. The predicted molar refractivity (Wildman–Crippen MR) is 91.0 cm³/mol. The van der Waals surface area contributed by atoms with Crippen LogP contribution >= 0.6 is 0 Å². The van der Waals surface area contributed by atoms with Crippen LogP contribution in [-0.4, -0.2) is 16.7 Å². The van der Waals surface area contributed by atoms with Crippen LogP contribution in [0.1, 0.15) is 65.2 Å². The van der Waals surface area contributed by atoms with Gasteiger partial charge in [-0.3, -0.25) is 0 Å². The fourth-order valence-electron chi connectivity index (χ4n) is 4.14. The third-order valence-electron chi connectivity index (χ3n) is 5.29. The van der Waals surface area contributed by atoms with Gasteiger partial charge in [-0.15, -0.1) is 0 Å². The van der Waals surface area contributed by atoms with E-state index in [-0.39, 0.29) is 17.6 Å². The third-order valence-corrected chi connectivity index (χ3v) is 5.29. The summed E-state index contributed by atoms with van der Waals surface area (Å²) in [5.74, 6) is 0.437. The number of aliphatic hydroxyl groups excluding tert-OH is 1. The van der Waals surface area contributed by atoms with Crippen molar-refractivity contribution in [3.8, 4) is 0 Å². The van der Waals surface area contributed by atoms with Gasteiger partial charge in [-0.1, -0.05) is 44.9 Å². The molecule has 1 N–H and O–H groups in total. The zero-order valence-electron chi connectivity index (χ0n) is 14.3. The molecule has 0 aromatic heterocycles. The van der Waals surface area contributed by atoms with Crippen LogP contribution in [0.25, 0.3) is 0 Å². The molecule has 1 unspecified atom stereocenters. The first-order chi connectivity index (χ1) is 11.1. The quantitative estimate of drug-likeness (QED) is 0.673. The van der Waals surface area contributed by atoms with E-state index in [1.165, 1.54) is 5.57 Å². The molecule has 0 radical (unpaired) electrons. The van der Waals surface area contributed by atoms with E-state index < -0.39 is 5.60 Å². The monoisotopic (exact) mass is 316 g/mol. The predicted octanol–water partition coefficient (Wildman–Crippen LogP) is 5.00. The Hall–Kier alpha value is -1.51. The molecule has 3 aliphatic rings. The Bertz CT molecular complexity index is 557. The first-order valence-corrected chi connectivity index (χ1v) is 9.16. The summed E-state index contributed by atoms with van der Waals surface area (Å²) in [6, 6.07) is 0. The first kappa shape index (κ1) is 16.4. The van der Waals surface area contributed by atoms with Crippen LogP contribution in [0.15, 0.2) is 35.1 Å². The Morgan fingerprint density at radius 1 is 1.26 bits per heavy atom. The van der Waals surface area contributed by atoms with Gasteiger partial charge in [0.15, 0.2) is 5.60 Å². The molecule has 23 heavy (non-hydrogen) atoms. The Balaban J connectivity index is 2.00. The number of ether oxygens (including phenoxy) is 1. The van der Waals surface area contributed by atoms with Crippen molar-refractivity contribution in [3.05, 3.63) is 35.1 Å². The van der Waals surface area contributed by atoms with Gasteiger partial charge in [0.25, 0.3) is 0 Å². The summed E-state index contributed by atoms with van der Waals surface area (Å²) >= 11 is 0. The highest BCUT2D eigenvalue weighted by atomic mass is 16.6. The Morgan fingerprint density at radius 2 is 1.96 bits per heavy atom. The van der Waals surface area contributed by atoms with Gasteiger partial charge in [0.05, 0.1) is 5.57 Å². The molecule has 2 aliphatic carbocycles. The van der Waals surface area contributed by atoms with Crippen molar-refractivity contribution >= 4 is 5.97 Å². The molecular weight excluding hydrogens is 288 g/mol. The maximum absolute atomic E-state index is 12.7. The zero-order chi connectivity index (χ0) is 16.4. The Kier molecular flexibility index (Phi) is 4.65. The highest BCUT2D eigenvalue weighted by Crippen LogP contribution is 2.50. The van der Waals surface area contributed by atoms with Crippen molar-refractivity contribution in [2.75, 3.05) is 0 Å². The minimum atomic E-state index is -0.776. The van der Waals surface area contributed by atoms with E-state index in [9.17, 15) is 9.90 Å².